The van der Waals surface area contributed by atoms with Gasteiger partial charge in [0, 0.05) is 0 Å². The minimum absolute atomic E-state index is 0.914. The molecule has 1 nitrogen and oxygen atoms in total. The lowest BCUT2D eigenvalue weighted by Gasteiger charge is -2.15. The summed E-state index contributed by atoms with van der Waals surface area (Å²) in [4.78, 5) is 0. The largest absolute Gasteiger partial charge is 0.316 e. The summed E-state index contributed by atoms with van der Waals surface area (Å²) in [6.07, 6.45) is 14.1. The average molecular weight is 241 g/mol. The maximum absolute atomic E-state index is 3.55. The molecule has 0 aliphatic carbocycles. The molecule has 1 atom stereocenters. The van der Waals surface area contributed by atoms with Crippen molar-refractivity contribution in [3.8, 4) is 0 Å². The minimum atomic E-state index is 0.914. The van der Waals surface area contributed by atoms with Gasteiger partial charge in [-0.2, -0.15) is 0 Å². The highest BCUT2D eigenvalue weighted by Gasteiger charge is 2.04. The van der Waals surface area contributed by atoms with Gasteiger partial charge in [-0.15, -0.1) is 0 Å². The van der Waals surface area contributed by atoms with Crippen LogP contribution in [0.3, 0.4) is 0 Å². The number of nitrogens with one attached hydrogen (secondary N) is 1. The molecule has 0 aromatic heterocycles. The van der Waals surface area contributed by atoms with Crippen LogP contribution in [0.4, 0.5) is 0 Å². The third kappa shape index (κ3) is 12.2. The summed E-state index contributed by atoms with van der Waals surface area (Å²) < 4.78 is 0. The van der Waals surface area contributed by atoms with Gasteiger partial charge in [-0.3, -0.25) is 0 Å². The molecule has 0 bridgehead atoms. The van der Waals surface area contributed by atoms with Gasteiger partial charge in [0.2, 0.25) is 0 Å². The van der Waals surface area contributed by atoms with Crippen molar-refractivity contribution in [2.45, 2.75) is 85.0 Å². The molecule has 0 amide bonds. The normalized spacial score (nSPS) is 12.9. The predicted molar refractivity (Wildman–Crippen MR) is 79.6 cm³/mol. The first-order valence-electron chi connectivity index (χ1n) is 8.05. The molecule has 0 saturated carbocycles. The first-order valence-corrected chi connectivity index (χ1v) is 8.05. The first kappa shape index (κ1) is 17.0. The summed E-state index contributed by atoms with van der Waals surface area (Å²) in [5.41, 5.74) is 0. The summed E-state index contributed by atoms with van der Waals surface area (Å²) in [5.74, 6) is 0.914. The lowest BCUT2D eigenvalue weighted by molar-refractivity contribution is 0.411. The van der Waals surface area contributed by atoms with Crippen molar-refractivity contribution < 1.29 is 0 Å². The lowest BCUT2D eigenvalue weighted by atomic mass is 9.97. The Morgan fingerprint density at radius 1 is 0.765 bits per heavy atom. The molecule has 0 heterocycles. The van der Waals surface area contributed by atoms with Gasteiger partial charge >= 0.3 is 0 Å². The fourth-order valence-corrected chi connectivity index (χ4v) is 2.32. The van der Waals surface area contributed by atoms with Gasteiger partial charge < -0.3 is 5.32 Å². The van der Waals surface area contributed by atoms with E-state index in [2.05, 4.69) is 26.1 Å². The van der Waals surface area contributed by atoms with Crippen LogP contribution in [0.2, 0.25) is 0 Å². The third-order valence-corrected chi connectivity index (χ3v) is 3.65. The van der Waals surface area contributed by atoms with Crippen molar-refractivity contribution in [3.63, 3.8) is 0 Å². The molecule has 0 aromatic carbocycles. The topological polar surface area (TPSA) is 12.0 Å². The number of unbranched alkanes of at least 4 members (excludes halogenated alkanes) is 6. The van der Waals surface area contributed by atoms with E-state index in [1.165, 1.54) is 77.3 Å². The smallest absolute Gasteiger partial charge is 0.00206 e. The van der Waals surface area contributed by atoms with E-state index < -0.39 is 0 Å². The molecule has 104 valence electrons. The SMILES string of the molecule is CCCCCCCCCC(CC)CNCCC. The number of rotatable bonds is 13. The van der Waals surface area contributed by atoms with E-state index in [-0.39, 0.29) is 0 Å². The van der Waals surface area contributed by atoms with E-state index >= 15 is 0 Å². The molecule has 1 N–H and O–H groups in total. The molecule has 0 radical (unpaired) electrons. The van der Waals surface area contributed by atoms with Crippen molar-refractivity contribution in [1.29, 1.82) is 0 Å². The maximum atomic E-state index is 3.55. The number of hydrogen-bond donors (Lipinski definition) is 1. The Labute approximate surface area is 110 Å². The highest BCUT2D eigenvalue weighted by molar-refractivity contribution is 4.61. The second-order valence-corrected chi connectivity index (χ2v) is 5.39. The van der Waals surface area contributed by atoms with E-state index in [1.807, 2.05) is 0 Å². The van der Waals surface area contributed by atoms with Gasteiger partial charge in [0.1, 0.15) is 0 Å². The van der Waals surface area contributed by atoms with E-state index in [4.69, 9.17) is 0 Å². The van der Waals surface area contributed by atoms with Gasteiger partial charge in [-0.1, -0.05) is 72.1 Å². The molecule has 0 spiro atoms. The molecule has 17 heavy (non-hydrogen) atoms. The third-order valence-electron chi connectivity index (χ3n) is 3.65. The van der Waals surface area contributed by atoms with Gasteiger partial charge in [-0.25, -0.2) is 0 Å². The van der Waals surface area contributed by atoms with Crippen LogP contribution in [0.1, 0.15) is 85.0 Å². The predicted octanol–water partition coefficient (Wildman–Crippen LogP) is 5.15. The van der Waals surface area contributed by atoms with Crippen molar-refractivity contribution in [2.24, 2.45) is 5.92 Å². The van der Waals surface area contributed by atoms with Crippen molar-refractivity contribution in [1.82, 2.24) is 5.32 Å². The Morgan fingerprint density at radius 2 is 1.41 bits per heavy atom. The van der Waals surface area contributed by atoms with Crippen LogP contribution >= 0.6 is 0 Å². The van der Waals surface area contributed by atoms with Gasteiger partial charge in [-0.05, 0) is 31.8 Å². The lowest BCUT2D eigenvalue weighted by Crippen LogP contribution is -2.23. The second-order valence-electron chi connectivity index (χ2n) is 5.39. The highest BCUT2D eigenvalue weighted by Crippen LogP contribution is 2.14. The Hall–Kier alpha value is -0.0400. The van der Waals surface area contributed by atoms with Crippen molar-refractivity contribution >= 4 is 0 Å². The summed E-state index contributed by atoms with van der Waals surface area (Å²) >= 11 is 0. The van der Waals surface area contributed by atoms with E-state index in [9.17, 15) is 0 Å². The zero-order valence-electron chi connectivity index (χ0n) is 12.6. The zero-order chi connectivity index (χ0) is 12.8. The molecule has 0 aliphatic heterocycles. The summed E-state index contributed by atoms with van der Waals surface area (Å²) in [6.45, 7) is 9.28. The molecule has 1 heteroatoms. The van der Waals surface area contributed by atoms with Crippen molar-refractivity contribution in [2.75, 3.05) is 13.1 Å². The Kier molecular flexibility index (Phi) is 14.0. The molecular weight excluding hydrogens is 206 g/mol. The van der Waals surface area contributed by atoms with Crippen LogP contribution in [-0.2, 0) is 0 Å². The maximum Gasteiger partial charge on any atom is -0.00206 e. The standard InChI is InChI=1S/C16H35N/c1-4-7-8-9-10-11-12-13-16(6-3)15-17-14-5-2/h16-17H,4-15H2,1-3H3. The summed E-state index contributed by atoms with van der Waals surface area (Å²) in [6, 6.07) is 0. The molecule has 0 aromatic rings. The fraction of sp³-hybridized carbons (Fsp3) is 1.00. The molecular formula is C16H35N. The van der Waals surface area contributed by atoms with Crippen LogP contribution in [0, 0.1) is 5.92 Å². The minimum Gasteiger partial charge on any atom is -0.316 e. The van der Waals surface area contributed by atoms with E-state index in [1.54, 1.807) is 0 Å². The summed E-state index contributed by atoms with van der Waals surface area (Å²) in [7, 11) is 0. The Morgan fingerprint density at radius 3 is 2.00 bits per heavy atom. The van der Waals surface area contributed by atoms with Crippen LogP contribution in [0.25, 0.3) is 0 Å². The van der Waals surface area contributed by atoms with Crippen LogP contribution < -0.4 is 5.32 Å². The van der Waals surface area contributed by atoms with Gasteiger partial charge in [0.15, 0.2) is 0 Å². The van der Waals surface area contributed by atoms with E-state index in [0.29, 0.717) is 0 Å². The summed E-state index contributed by atoms with van der Waals surface area (Å²) in [5, 5.41) is 3.55. The molecule has 0 saturated heterocycles. The quantitative estimate of drug-likeness (QED) is 0.440. The Bertz CT molecular complexity index is 133. The first-order chi connectivity index (χ1) is 8.35. The monoisotopic (exact) mass is 241 g/mol. The van der Waals surface area contributed by atoms with Crippen LogP contribution in [0.15, 0.2) is 0 Å². The molecule has 0 aliphatic rings. The fourth-order valence-electron chi connectivity index (χ4n) is 2.32. The number of hydrogen-bond acceptors (Lipinski definition) is 1. The van der Waals surface area contributed by atoms with Crippen LogP contribution in [0.5, 0.6) is 0 Å². The average Bonchev–Trinajstić information content (AvgIpc) is 2.35. The van der Waals surface area contributed by atoms with Crippen LogP contribution in [-0.4, -0.2) is 13.1 Å². The van der Waals surface area contributed by atoms with Gasteiger partial charge in [0.05, 0.1) is 0 Å². The zero-order valence-corrected chi connectivity index (χ0v) is 12.6. The molecule has 0 rings (SSSR count). The molecule has 1 unspecified atom stereocenters. The van der Waals surface area contributed by atoms with E-state index in [0.717, 1.165) is 5.92 Å². The van der Waals surface area contributed by atoms with Gasteiger partial charge in [0.25, 0.3) is 0 Å². The van der Waals surface area contributed by atoms with Crippen molar-refractivity contribution in [3.05, 3.63) is 0 Å². The second kappa shape index (κ2) is 14.0. The highest BCUT2D eigenvalue weighted by atomic mass is 14.8. The molecule has 0 fully saturated rings. The Balaban J connectivity index is 3.25.